The summed E-state index contributed by atoms with van der Waals surface area (Å²) in [6.07, 6.45) is 0.453. The third kappa shape index (κ3) is 9.20. The van der Waals surface area contributed by atoms with Crippen LogP contribution in [0.15, 0.2) is 78.9 Å². The van der Waals surface area contributed by atoms with E-state index in [-0.39, 0.29) is 41.9 Å². The molecule has 9 heteroatoms. The molecular formula is C42H49FN2O6. The summed E-state index contributed by atoms with van der Waals surface area (Å²) in [7, 11) is 0. The van der Waals surface area contributed by atoms with Crippen molar-refractivity contribution in [3.05, 3.63) is 102 Å². The fourth-order valence-electron chi connectivity index (χ4n) is 6.94. The summed E-state index contributed by atoms with van der Waals surface area (Å²) in [5.74, 6) is -2.25. The van der Waals surface area contributed by atoms with Gasteiger partial charge in [0.2, 0.25) is 0 Å². The summed E-state index contributed by atoms with van der Waals surface area (Å²) >= 11 is 0. The minimum absolute atomic E-state index is 0.104. The monoisotopic (exact) mass is 696 g/mol. The Hall–Kier alpha value is -4.60. The van der Waals surface area contributed by atoms with Crippen molar-refractivity contribution in [3.63, 3.8) is 0 Å². The molecule has 1 aliphatic heterocycles. The van der Waals surface area contributed by atoms with E-state index in [1.54, 1.807) is 36.4 Å². The van der Waals surface area contributed by atoms with Crippen molar-refractivity contribution < 1.29 is 33.0 Å². The molecule has 2 atom stereocenters. The number of carbonyl (C=O) groups excluding carboxylic acids is 3. The Morgan fingerprint density at radius 3 is 2.18 bits per heavy atom. The summed E-state index contributed by atoms with van der Waals surface area (Å²) in [4.78, 5) is 39.9. The second kappa shape index (κ2) is 15.3. The van der Waals surface area contributed by atoms with Gasteiger partial charge < -0.3 is 24.1 Å². The number of ether oxygens (including phenoxy) is 3. The number of anilines is 1. The minimum Gasteiger partial charge on any atom is -0.460 e. The van der Waals surface area contributed by atoms with Gasteiger partial charge in [-0.25, -0.2) is 4.39 Å². The van der Waals surface area contributed by atoms with Crippen LogP contribution in [0.2, 0.25) is 0 Å². The zero-order valence-electron chi connectivity index (χ0n) is 30.8. The van der Waals surface area contributed by atoms with Gasteiger partial charge in [0.15, 0.2) is 11.6 Å². The number of hydrogen-bond acceptors (Lipinski definition) is 6. The van der Waals surface area contributed by atoms with Crippen molar-refractivity contribution in [2.75, 3.05) is 5.32 Å². The van der Waals surface area contributed by atoms with Crippen LogP contribution in [-0.2, 0) is 25.5 Å². The number of esters is 1. The molecule has 2 unspecified atom stereocenters. The van der Waals surface area contributed by atoms with Crippen molar-refractivity contribution in [2.24, 2.45) is 0 Å². The fraction of sp³-hybridized carbons (Fsp3) is 0.405. The first-order valence-electron chi connectivity index (χ1n) is 17.6. The fourth-order valence-corrected chi connectivity index (χ4v) is 6.94. The molecule has 0 saturated carbocycles. The topological polar surface area (TPSA) is 95.9 Å². The first kappa shape index (κ1) is 37.7. The number of para-hydroxylation sites is 1. The molecular weight excluding hydrogens is 647 g/mol. The van der Waals surface area contributed by atoms with Crippen LogP contribution in [-0.4, -0.2) is 45.8 Å². The molecule has 4 aromatic rings. The van der Waals surface area contributed by atoms with Crippen molar-refractivity contribution >= 4 is 23.3 Å². The summed E-state index contributed by atoms with van der Waals surface area (Å²) < 4.78 is 34.6. The van der Waals surface area contributed by atoms with Crippen molar-refractivity contribution in [1.29, 1.82) is 0 Å². The number of ketones is 1. The lowest BCUT2D eigenvalue weighted by Crippen LogP contribution is -2.46. The van der Waals surface area contributed by atoms with Crippen LogP contribution < -0.4 is 5.32 Å². The van der Waals surface area contributed by atoms with Gasteiger partial charge in [-0.2, -0.15) is 0 Å². The van der Waals surface area contributed by atoms with Gasteiger partial charge in [-0.1, -0.05) is 56.3 Å². The highest BCUT2D eigenvalue weighted by Gasteiger charge is 2.38. The lowest BCUT2D eigenvalue weighted by Gasteiger charge is -2.41. The number of benzene rings is 3. The largest absolute Gasteiger partial charge is 0.460 e. The van der Waals surface area contributed by atoms with Crippen molar-refractivity contribution in [1.82, 2.24) is 4.57 Å². The highest BCUT2D eigenvalue weighted by Crippen LogP contribution is 2.43. The van der Waals surface area contributed by atoms with Gasteiger partial charge in [-0.3, -0.25) is 14.4 Å². The molecule has 270 valence electrons. The Kier molecular flexibility index (Phi) is 11.3. The summed E-state index contributed by atoms with van der Waals surface area (Å²) in [6, 6.07) is 23.0. The molecule has 51 heavy (non-hydrogen) atoms. The van der Waals surface area contributed by atoms with Crippen LogP contribution in [0, 0.1) is 5.82 Å². The molecule has 2 heterocycles. The second-order valence-corrected chi connectivity index (χ2v) is 14.9. The maximum Gasteiger partial charge on any atom is 0.308 e. The third-order valence-electron chi connectivity index (χ3n) is 8.73. The molecule has 1 aromatic heterocycles. The van der Waals surface area contributed by atoms with E-state index in [2.05, 4.69) is 9.88 Å². The molecule has 1 amide bonds. The minimum atomic E-state index is -0.933. The number of amides is 1. The predicted octanol–water partition coefficient (Wildman–Crippen LogP) is 9.57. The number of Topliss-reactive ketones (excluding diaryl/α,β-unsaturated/α-hetero) is 1. The standard InChI is InChI=1S/C42H49FN2O6/c1-26(2)38-37(40(48)44-34-17-13-12-16-33(34)27(3)46)36(28-14-10-9-11-15-28)39(29-18-20-30(43)21-19-29)45(38)23-22-31-24-32(50-42(7,8)49-31)25-35(47)51-41(4,5)6/h9-21,26,31-32H,22-25H2,1-8H3,(H,44,48). The van der Waals surface area contributed by atoms with E-state index in [1.807, 2.05) is 78.8 Å². The number of rotatable bonds is 11. The van der Waals surface area contributed by atoms with Gasteiger partial charge in [-0.05, 0) is 101 Å². The zero-order chi connectivity index (χ0) is 37.1. The Labute approximate surface area is 300 Å². The van der Waals surface area contributed by atoms with Gasteiger partial charge in [-0.15, -0.1) is 0 Å². The summed E-state index contributed by atoms with van der Waals surface area (Å²) in [5, 5.41) is 3.05. The molecule has 1 fully saturated rings. The van der Waals surface area contributed by atoms with Crippen LogP contribution in [0.1, 0.15) is 107 Å². The van der Waals surface area contributed by atoms with Gasteiger partial charge in [0.25, 0.3) is 5.91 Å². The van der Waals surface area contributed by atoms with E-state index in [4.69, 9.17) is 14.2 Å². The molecule has 0 radical (unpaired) electrons. The van der Waals surface area contributed by atoms with Crippen LogP contribution in [0.4, 0.5) is 10.1 Å². The van der Waals surface area contributed by atoms with E-state index < -0.39 is 17.5 Å². The molecule has 3 aromatic carbocycles. The average molecular weight is 697 g/mol. The average Bonchev–Trinajstić information content (AvgIpc) is 3.38. The number of halogens is 1. The first-order chi connectivity index (χ1) is 24.0. The number of aromatic nitrogens is 1. The quantitative estimate of drug-likeness (QED) is 0.124. The molecule has 0 bridgehead atoms. The van der Waals surface area contributed by atoms with Crippen molar-refractivity contribution in [3.8, 4) is 22.4 Å². The smallest absolute Gasteiger partial charge is 0.308 e. The molecule has 8 nitrogen and oxygen atoms in total. The van der Waals surface area contributed by atoms with Crippen LogP contribution in [0.25, 0.3) is 22.4 Å². The number of nitrogens with one attached hydrogen (secondary N) is 1. The van der Waals surface area contributed by atoms with E-state index in [0.29, 0.717) is 41.8 Å². The molecule has 1 aliphatic rings. The third-order valence-corrected chi connectivity index (χ3v) is 8.73. The number of hydrogen-bond donors (Lipinski definition) is 1. The summed E-state index contributed by atoms with van der Waals surface area (Å²) in [5.41, 5.74) is 4.55. The molecule has 1 N–H and O–H groups in total. The first-order valence-corrected chi connectivity index (χ1v) is 17.6. The van der Waals surface area contributed by atoms with E-state index in [0.717, 1.165) is 22.5 Å². The maximum atomic E-state index is 14.6. The van der Waals surface area contributed by atoms with Gasteiger partial charge in [0, 0.05) is 29.8 Å². The molecule has 0 spiro atoms. The Morgan fingerprint density at radius 1 is 0.922 bits per heavy atom. The van der Waals surface area contributed by atoms with Crippen molar-refractivity contribution in [2.45, 2.75) is 111 Å². The number of carbonyl (C=O) groups is 3. The van der Waals surface area contributed by atoms with E-state index in [9.17, 15) is 18.8 Å². The Balaban J connectivity index is 1.62. The van der Waals surface area contributed by atoms with E-state index in [1.165, 1.54) is 19.1 Å². The lowest BCUT2D eigenvalue weighted by atomic mass is 9.94. The van der Waals surface area contributed by atoms with E-state index >= 15 is 0 Å². The normalized spacial score (nSPS) is 17.3. The number of nitrogens with zero attached hydrogens (tertiary/aromatic N) is 1. The van der Waals surface area contributed by atoms with Gasteiger partial charge in [0.1, 0.15) is 11.4 Å². The maximum absolute atomic E-state index is 14.6. The SMILES string of the molecule is CC(=O)c1ccccc1NC(=O)c1c(-c2ccccc2)c(-c2ccc(F)cc2)n(CCC2CC(CC(=O)OC(C)(C)C)OC(C)(C)O2)c1C(C)C. The Bertz CT molecular complexity index is 1870. The van der Waals surface area contributed by atoms with Crippen LogP contribution in [0.5, 0.6) is 0 Å². The predicted molar refractivity (Wildman–Crippen MR) is 197 cm³/mol. The molecule has 1 saturated heterocycles. The molecule has 5 rings (SSSR count). The highest BCUT2D eigenvalue weighted by atomic mass is 19.1. The van der Waals surface area contributed by atoms with Gasteiger partial charge in [0.05, 0.1) is 35.6 Å². The molecule has 0 aliphatic carbocycles. The van der Waals surface area contributed by atoms with Gasteiger partial charge >= 0.3 is 5.97 Å². The summed E-state index contributed by atoms with van der Waals surface area (Å²) in [6.45, 7) is 15.2. The zero-order valence-corrected chi connectivity index (χ0v) is 30.8. The highest BCUT2D eigenvalue weighted by molar-refractivity contribution is 6.14. The lowest BCUT2D eigenvalue weighted by molar-refractivity contribution is -0.301. The Morgan fingerprint density at radius 2 is 1.55 bits per heavy atom. The van der Waals surface area contributed by atoms with Crippen LogP contribution >= 0.6 is 0 Å². The van der Waals surface area contributed by atoms with Crippen LogP contribution in [0.3, 0.4) is 0 Å². The second-order valence-electron chi connectivity index (χ2n) is 14.9.